The van der Waals surface area contributed by atoms with Gasteiger partial charge in [-0.3, -0.25) is 10.1 Å². The van der Waals surface area contributed by atoms with Gasteiger partial charge in [0.15, 0.2) is 0 Å². The van der Waals surface area contributed by atoms with Crippen LogP contribution in [0.3, 0.4) is 0 Å². The Kier molecular flexibility index (Phi) is 3.59. The molecule has 108 valence electrons. The molecule has 1 atom stereocenters. The van der Waals surface area contributed by atoms with E-state index in [-0.39, 0.29) is 17.5 Å². The maximum atomic E-state index is 10.9. The molecule has 2 heterocycles. The molecular weight excluding hydrogens is 266 g/mol. The third kappa shape index (κ3) is 2.56. The van der Waals surface area contributed by atoms with Crippen molar-refractivity contribution in [2.45, 2.75) is 13.0 Å². The summed E-state index contributed by atoms with van der Waals surface area (Å²) < 4.78 is 0. The van der Waals surface area contributed by atoms with E-state index in [4.69, 9.17) is 10.8 Å². The van der Waals surface area contributed by atoms with Gasteiger partial charge >= 0.3 is 11.8 Å². The van der Waals surface area contributed by atoms with Gasteiger partial charge in [-0.1, -0.05) is 0 Å². The lowest BCUT2D eigenvalue weighted by molar-refractivity contribution is -0.384. The van der Waals surface area contributed by atoms with Crippen molar-refractivity contribution in [3.63, 3.8) is 0 Å². The number of nitrogen functional groups attached to an aromatic ring is 1. The molecule has 20 heavy (non-hydrogen) atoms. The topological polar surface area (TPSA) is 126 Å². The molecule has 0 unspecified atom stereocenters. The molecule has 9 heteroatoms. The zero-order chi connectivity index (χ0) is 14.9. The molecule has 1 aliphatic heterocycles. The molecule has 1 amide bonds. The molecule has 0 spiro atoms. The van der Waals surface area contributed by atoms with Crippen LogP contribution >= 0.6 is 0 Å². The summed E-state index contributed by atoms with van der Waals surface area (Å²) in [6.45, 7) is 3.05. The molecule has 2 rings (SSSR count). The predicted molar refractivity (Wildman–Crippen MR) is 71.7 cm³/mol. The zero-order valence-electron chi connectivity index (χ0n) is 10.9. The molecule has 0 saturated carbocycles. The molecule has 0 aromatic carbocycles. The van der Waals surface area contributed by atoms with Gasteiger partial charge in [0.05, 0.1) is 4.92 Å². The van der Waals surface area contributed by atoms with Crippen LogP contribution in [0, 0.1) is 10.1 Å². The summed E-state index contributed by atoms with van der Waals surface area (Å²) >= 11 is 0. The summed E-state index contributed by atoms with van der Waals surface area (Å²) in [5, 5.41) is 19.6. The van der Waals surface area contributed by atoms with Crippen LogP contribution in [0.1, 0.15) is 6.92 Å². The van der Waals surface area contributed by atoms with Crippen molar-refractivity contribution >= 4 is 23.4 Å². The summed E-state index contributed by atoms with van der Waals surface area (Å²) in [6.07, 6.45) is -0.951. The van der Waals surface area contributed by atoms with Gasteiger partial charge in [-0.15, -0.1) is 0 Å². The normalized spacial score (nSPS) is 18.9. The average molecular weight is 281 g/mol. The van der Waals surface area contributed by atoms with Crippen LogP contribution in [0.15, 0.2) is 12.1 Å². The Morgan fingerprint density at radius 1 is 1.55 bits per heavy atom. The zero-order valence-corrected chi connectivity index (χ0v) is 10.9. The van der Waals surface area contributed by atoms with Crippen molar-refractivity contribution in [1.29, 1.82) is 0 Å². The lowest BCUT2D eigenvalue weighted by Crippen LogP contribution is -2.53. The molecule has 1 aromatic heterocycles. The molecule has 0 bridgehead atoms. The number of aromatic nitrogens is 1. The van der Waals surface area contributed by atoms with Crippen LogP contribution in [-0.2, 0) is 0 Å². The van der Waals surface area contributed by atoms with E-state index in [1.165, 1.54) is 17.0 Å². The molecule has 1 saturated heterocycles. The second kappa shape index (κ2) is 5.19. The monoisotopic (exact) mass is 281 g/mol. The van der Waals surface area contributed by atoms with Crippen molar-refractivity contribution in [3.8, 4) is 0 Å². The standard InChI is InChI=1S/C11H15N5O4/c1-7-6-14(11(17)18)4-5-15(7)9-3-2-8(16(19)20)10(12)13-9/h2-3,7H,4-6H2,1H3,(H2,12,13)(H,17,18)/t7-/m0/s1. The minimum Gasteiger partial charge on any atom is -0.465 e. The molecule has 0 aliphatic carbocycles. The first-order valence-electron chi connectivity index (χ1n) is 6.05. The number of carboxylic acid groups (broad SMARTS) is 1. The van der Waals surface area contributed by atoms with Crippen LogP contribution in [0.4, 0.5) is 22.1 Å². The number of hydrogen-bond donors (Lipinski definition) is 2. The largest absolute Gasteiger partial charge is 0.465 e. The van der Waals surface area contributed by atoms with Crippen molar-refractivity contribution in [2.24, 2.45) is 0 Å². The van der Waals surface area contributed by atoms with Gasteiger partial charge in [-0.2, -0.15) is 0 Å². The maximum Gasteiger partial charge on any atom is 0.407 e. The van der Waals surface area contributed by atoms with Gasteiger partial charge in [-0.05, 0) is 13.0 Å². The van der Waals surface area contributed by atoms with E-state index >= 15 is 0 Å². The highest BCUT2D eigenvalue weighted by molar-refractivity contribution is 5.66. The van der Waals surface area contributed by atoms with Crippen molar-refractivity contribution in [2.75, 3.05) is 30.3 Å². The number of piperazine rings is 1. The fraction of sp³-hybridized carbons (Fsp3) is 0.455. The number of anilines is 2. The van der Waals surface area contributed by atoms with E-state index in [0.29, 0.717) is 25.5 Å². The van der Waals surface area contributed by atoms with Crippen LogP contribution in [0.5, 0.6) is 0 Å². The minimum atomic E-state index is -0.951. The van der Waals surface area contributed by atoms with Gasteiger partial charge in [0.25, 0.3) is 0 Å². The quantitative estimate of drug-likeness (QED) is 0.605. The summed E-state index contributed by atoms with van der Waals surface area (Å²) in [4.78, 5) is 28.3. The number of nitro groups is 1. The molecule has 9 nitrogen and oxygen atoms in total. The minimum absolute atomic E-state index is 0.0757. The molecule has 1 fully saturated rings. The summed E-state index contributed by atoms with van der Waals surface area (Å²) in [5.74, 6) is 0.381. The second-order valence-corrected chi connectivity index (χ2v) is 4.60. The van der Waals surface area contributed by atoms with E-state index in [9.17, 15) is 14.9 Å². The van der Waals surface area contributed by atoms with Gasteiger partial charge in [-0.25, -0.2) is 9.78 Å². The summed E-state index contributed by atoms with van der Waals surface area (Å²) in [7, 11) is 0. The Balaban J connectivity index is 2.19. The summed E-state index contributed by atoms with van der Waals surface area (Å²) in [5.41, 5.74) is 5.34. The lowest BCUT2D eigenvalue weighted by atomic mass is 10.2. The van der Waals surface area contributed by atoms with Crippen LogP contribution in [-0.4, -0.2) is 51.7 Å². The van der Waals surface area contributed by atoms with Crippen molar-refractivity contribution in [3.05, 3.63) is 22.2 Å². The molecule has 1 aliphatic rings. The summed E-state index contributed by atoms with van der Waals surface area (Å²) in [6, 6.07) is 2.77. The Bertz CT molecular complexity index is 550. The fourth-order valence-corrected chi connectivity index (χ4v) is 2.24. The Hall–Kier alpha value is -2.58. The first-order valence-corrected chi connectivity index (χ1v) is 6.05. The number of nitrogens with two attached hydrogens (primary N) is 1. The van der Waals surface area contributed by atoms with E-state index < -0.39 is 11.0 Å². The molecule has 0 radical (unpaired) electrons. The molecular formula is C11H15N5O4. The first kappa shape index (κ1) is 13.8. The number of nitrogens with zero attached hydrogens (tertiary/aromatic N) is 4. The van der Waals surface area contributed by atoms with Gasteiger partial charge < -0.3 is 20.6 Å². The van der Waals surface area contributed by atoms with E-state index in [0.717, 1.165) is 0 Å². The van der Waals surface area contributed by atoms with Crippen molar-refractivity contribution < 1.29 is 14.8 Å². The number of pyridine rings is 1. The van der Waals surface area contributed by atoms with E-state index in [1.54, 1.807) is 0 Å². The number of rotatable bonds is 2. The van der Waals surface area contributed by atoms with E-state index in [2.05, 4.69) is 4.98 Å². The Morgan fingerprint density at radius 2 is 2.25 bits per heavy atom. The smallest absolute Gasteiger partial charge is 0.407 e. The molecule has 1 aromatic rings. The fourth-order valence-electron chi connectivity index (χ4n) is 2.24. The van der Waals surface area contributed by atoms with Crippen LogP contribution < -0.4 is 10.6 Å². The van der Waals surface area contributed by atoms with Crippen molar-refractivity contribution in [1.82, 2.24) is 9.88 Å². The first-order chi connectivity index (χ1) is 9.40. The Labute approximate surface area is 114 Å². The Morgan fingerprint density at radius 3 is 2.75 bits per heavy atom. The van der Waals surface area contributed by atoms with Gasteiger partial charge in [0.1, 0.15) is 5.82 Å². The second-order valence-electron chi connectivity index (χ2n) is 4.60. The van der Waals surface area contributed by atoms with Gasteiger partial charge in [0.2, 0.25) is 5.82 Å². The molecule has 3 N–H and O–H groups in total. The highest BCUT2D eigenvalue weighted by Crippen LogP contribution is 2.25. The maximum absolute atomic E-state index is 10.9. The SMILES string of the molecule is C[C@H]1CN(C(=O)O)CCN1c1ccc([N+](=O)[O-])c(N)n1. The number of hydrogen-bond acceptors (Lipinski definition) is 6. The third-order valence-corrected chi connectivity index (χ3v) is 3.28. The van der Waals surface area contributed by atoms with Crippen LogP contribution in [0.2, 0.25) is 0 Å². The number of carbonyl (C=O) groups is 1. The van der Waals surface area contributed by atoms with Gasteiger partial charge in [0, 0.05) is 31.7 Å². The third-order valence-electron chi connectivity index (χ3n) is 3.28. The van der Waals surface area contributed by atoms with Crippen LogP contribution in [0.25, 0.3) is 0 Å². The van der Waals surface area contributed by atoms with E-state index in [1.807, 2.05) is 11.8 Å². The average Bonchev–Trinajstić information content (AvgIpc) is 2.37. The number of amides is 1. The highest BCUT2D eigenvalue weighted by atomic mass is 16.6. The predicted octanol–water partition coefficient (Wildman–Crippen LogP) is 0.760. The lowest BCUT2D eigenvalue weighted by Gasteiger charge is -2.39. The highest BCUT2D eigenvalue weighted by Gasteiger charge is 2.28.